The average Bonchev–Trinajstić information content (AvgIpc) is 3.31. The fourth-order valence-electron chi connectivity index (χ4n) is 9.99. The molecule has 0 radical (unpaired) electrons. The van der Waals surface area contributed by atoms with Crippen molar-refractivity contribution in [2.75, 3.05) is 4.90 Å². The molecule has 0 saturated carbocycles. The van der Waals surface area contributed by atoms with Crippen molar-refractivity contribution in [2.24, 2.45) is 5.92 Å². The number of nitrogens with zero attached hydrogens (tertiary/aromatic N) is 1. The third-order valence-electron chi connectivity index (χ3n) is 12.8. The molecule has 1 nitrogen and oxygen atoms in total. The van der Waals surface area contributed by atoms with Gasteiger partial charge in [0, 0.05) is 28.9 Å². The van der Waals surface area contributed by atoms with Gasteiger partial charge in [-0.2, -0.15) is 0 Å². The van der Waals surface area contributed by atoms with Gasteiger partial charge in [-0.05, 0) is 137 Å². The van der Waals surface area contributed by atoms with Crippen LogP contribution in [0.5, 0.6) is 0 Å². The molecule has 0 fully saturated rings. The topological polar surface area (TPSA) is 3.24 Å². The van der Waals surface area contributed by atoms with E-state index >= 15 is 0 Å². The van der Waals surface area contributed by atoms with E-state index < -0.39 is 0 Å². The molecular weight excluding hydrogens is 711 g/mol. The summed E-state index contributed by atoms with van der Waals surface area (Å²) in [6, 6.07) is 71.5. The second kappa shape index (κ2) is 13.6. The molecule has 3 aliphatic carbocycles. The summed E-state index contributed by atoms with van der Waals surface area (Å²) < 4.78 is 0. The van der Waals surface area contributed by atoms with Crippen LogP contribution < -0.4 is 4.90 Å². The molecule has 0 aromatic heterocycles. The SMILES string of the molecule is C1=CC2C=Cc3cc(-c4ccc(N(c5ccc(-c6ccccc6)cc5)c5ccc(-c6ccccc6)cc5)cc4)cc4c3C2C(=C1)c1cccc2ccc3cccc-4c3c12. The van der Waals surface area contributed by atoms with Crippen LogP contribution in [0.1, 0.15) is 22.6 Å². The van der Waals surface area contributed by atoms with Gasteiger partial charge >= 0.3 is 0 Å². The van der Waals surface area contributed by atoms with Crippen molar-refractivity contribution in [2.45, 2.75) is 5.92 Å². The van der Waals surface area contributed by atoms with Gasteiger partial charge in [0.1, 0.15) is 0 Å². The lowest BCUT2D eigenvalue weighted by Gasteiger charge is -2.37. The molecule has 9 aromatic rings. The molecule has 59 heavy (non-hydrogen) atoms. The lowest BCUT2D eigenvalue weighted by atomic mass is 9.66. The van der Waals surface area contributed by atoms with E-state index in [1.54, 1.807) is 0 Å². The van der Waals surface area contributed by atoms with E-state index in [4.69, 9.17) is 0 Å². The fourth-order valence-corrected chi connectivity index (χ4v) is 9.99. The third kappa shape index (κ3) is 5.54. The zero-order valence-corrected chi connectivity index (χ0v) is 32.5. The second-order valence-corrected chi connectivity index (χ2v) is 16.0. The molecule has 9 aromatic carbocycles. The Bertz CT molecular complexity index is 3090. The van der Waals surface area contributed by atoms with Crippen molar-refractivity contribution in [3.8, 4) is 44.5 Å². The molecular formula is C58H39N. The van der Waals surface area contributed by atoms with Crippen LogP contribution in [0.3, 0.4) is 0 Å². The molecule has 2 unspecified atom stereocenters. The summed E-state index contributed by atoms with van der Waals surface area (Å²) in [4.78, 5) is 2.36. The molecule has 2 atom stereocenters. The van der Waals surface area contributed by atoms with Crippen LogP contribution in [-0.2, 0) is 0 Å². The Hall–Kier alpha value is -7.48. The molecule has 0 heterocycles. The number of hydrogen-bond donors (Lipinski definition) is 0. The number of anilines is 3. The first kappa shape index (κ1) is 33.6. The summed E-state index contributed by atoms with van der Waals surface area (Å²) in [5.74, 6) is 0.580. The predicted molar refractivity (Wildman–Crippen MR) is 250 cm³/mol. The molecule has 3 aliphatic rings. The molecule has 0 aliphatic heterocycles. The quantitative estimate of drug-likeness (QED) is 0.153. The van der Waals surface area contributed by atoms with Crippen LogP contribution in [0.4, 0.5) is 17.1 Å². The molecule has 0 amide bonds. The van der Waals surface area contributed by atoms with Crippen LogP contribution in [0.2, 0.25) is 0 Å². The maximum absolute atomic E-state index is 2.48. The summed E-state index contributed by atoms with van der Waals surface area (Å²) in [6.45, 7) is 0. The minimum Gasteiger partial charge on any atom is -0.311 e. The minimum absolute atomic E-state index is 0.260. The Labute approximate surface area is 345 Å². The lowest BCUT2D eigenvalue weighted by molar-refractivity contribution is 0.710. The van der Waals surface area contributed by atoms with E-state index in [9.17, 15) is 0 Å². The molecule has 12 rings (SSSR count). The van der Waals surface area contributed by atoms with Crippen LogP contribution in [0.15, 0.2) is 218 Å². The number of rotatable bonds is 6. The average molecular weight is 750 g/mol. The zero-order chi connectivity index (χ0) is 38.9. The van der Waals surface area contributed by atoms with Gasteiger partial charge in [0.2, 0.25) is 0 Å². The largest absolute Gasteiger partial charge is 0.311 e. The van der Waals surface area contributed by atoms with Crippen LogP contribution in [-0.4, -0.2) is 0 Å². The molecule has 1 heteroatoms. The second-order valence-electron chi connectivity index (χ2n) is 16.0. The van der Waals surface area contributed by atoms with Gasteiger partial charge in [0.25, 0.3) is 0 Å². The van der Waals surface area contributed by atoms with Gasteiger partial charge in [0.05, 0.1) is 0 Å². The highest BCUT2D eigenvalue weighted by atomic mass is 15.1. The Kier molecular flexibility index (Phi) is 7.74. The van der Waals surface area contributed by atoms with Gasteiger partial charge in [0.15, 0.2) is 0 Å². The normalized spacial score (nSPS) is 15.8. The van der Waals surface area contributed by atoms with Crippen molar-refractivity contribution in [1.82, 2.24) is 0 Å². The first-order valence-electron chi connectivity index (χ1n) is 20.7. The number of hydrogen-bond acceptors (Lipinski definition) is 1. The van der Waals surface area contributed by atoms with Gasteiger partial charge < -0.3 is 4.90 Å². The number of benzene rings is 9. The molecule has 276 valence electrons. The van der Waals surface area contributed by atoms with E-state index in [-0.39, 0.29) is 5.92 Å². The van der Waals surface area contributed by atoms with E-state index in [1.165, 1.54) is 88.3 Å². The zero-order valence-electron chi connectivity index (χ0n) is 32.5. The summed E-state index contributed by atoms with van der Waals surface area (Å²) in [5.41, 5.74) is 18.8. The van der Waals surface area contributed by atoms with Crippen molar-refractivity contribution < 1.29 is 0 Å². The van der Waals surface area contributed by atoms with Gasteiger partial charge in [-0.3, -0.25) is 0 Å². The minimum atomic E-state index is 0.260. The monoisotopic (exact) mass is 749 g/mol. The highest BCUT2D eigenvalue weighted by Gasteiger charge is 2.35. The summed E-state index contributed by atoms with van der Waals surface area (Å²) >= 11 is 0. The van der Waals surface area contributed by atoms with Gasteiger partial charge in [-0.25, -0.2) is 0 Å². The summed E-state index contributed by atoms with van der Waals surface area (Å²) in [6.07, 6.45) is 11.8. The van der Waals surface area contributed by atoms with Gasteiger partial charge in [-0.15, -0.1) is 0 Å². The Morgan fingerprint density at radius 1 is 0.373 bits per heavy atom. The van der Waals surface area contributed by atoms with Gasteiger partial charge in [-0.1, -0.05) is 176 Å². The smallest absolute Gasteiger partial charge is 0.0462 e. The molecule has 0 saturated heterocycles. The maximum atomic E-state index is 2.48. The Balaban J connectivity index is 0.993. The van der Waals surface area contributed by atoms with Crippen LogP contribution in [0.25, 0.3) is 77.7 Å². The van der Waals surface area contributed by atoms with Crippen LogP contribution in [0, 0.1) is 5.92 Å². The number of fused-ring (bicyclic) bond motifs is 2. The summed E-state index contributed by atoms with van der Waals surface area (Å²) in [7, 11) is 0. The van der Waals surface area contributed by atoms with Crippen molar-refractivity contribution in [1.29, 1.82) is 0 Å². The van der Waals surface area contributed by atoms with Crippen LogP contribution >= 0.6 is 0 Å². The highest BCUT2D eigenvalue weighted by molar-refractivity contribution is 6.19. The van der Waals surface area contributed by atoms with E-state index in [1.807, 2.05) is 0 Å². The third-order valence-corrected chi connectivity index (χ3v) is 12.8. The highest BCUT2D eigenvalue weighted by Crippen LogP contribution is 2.54. The molecule has 0 N–H and O–H groups in total. The number of allylic oxidation sites excluding steroid dienone is 5. The van der Waals surface area contributed by atoms with Crippen molar-refractivity contribution >= 4 is 50.3 Å². The first-order chi connectivity index (χ1) is 29.2. The van der Waals surface area contributed by atoms with Crippen molar-refractivity contribution in [3.05, 3.63) is 235 Å². The van der Waals surface area contributed by atoms with E-state index in [0.29, 0.717) is 5.92 Å². The molecule has 0 spiro atoms. The Morgan fingerprint density at radius 2 is 0.881 bits per heavy atom. The summed E-state index contributed by atoms with van der Waals surface area (Å²) in [5, 5.41) is 5.30. The van der Waals surface area contributed by atoms with E-state index in [2.05, 4.69) is 229 Å². The first-order valence-corrected chi connectivity index (χ1v) is 20.7. The fraction of sp³-hybridized carbons (Fsp3) is 0.0345. The Morgan fingerprint density at radius 3 is 1.46 bits per heavy atom. The van der Waals surface area contributed by atoms with Crippen molar-refractivity contribution in [3.63, 3.8) is 0 Å². The van der Waals surface area contributed by atoms with E-state index in [0.717, 1.165) is 17.1 Å². The standard InChI is InChI=1S/C58H39N/c1-3-10-38(11-4-1)40-24-30-48(31-25-40)59(49-32-26-41(27-33-49)39-12-5-2-6-13-39)50-34-28-42(29-35-50)47-36-46-23-22-45-15-8-18-52-51-17-7-14-43-20-21-44-16-9-19-53(57(44)55(43)51)54(37-47)58(46)56(45)52/h1-37,45,56H. The predicted octanol–water partition coefficient (Wildman–Crippen LogP) is 15.8. The lowest BCUT2D eigenvalue weighted by Crippen LogP contribution is -2.20. The maximum Gasteiger partial charge on any atom is 0.0462 e. The molecule has 0 bridgehead atoms.